The van der Waals surface area contributed by atoms with E-state index < -0.39 is 0 Å². The highest BCUT2D eigenvalue weighted by Crippen LogP contribution is 2.30. The number of allylic oxidation sites excluding steroid dienone is 1. The summed E-state index contributed by atoms with van der Waals surface area (Å²) >= 11 is 0. The van der Waals surface area contributed by atoms with Crippen molar-refractivity contribution in [3.63, 3.8) is 0 Å². The molecule has 0 spiro atoms. The molecule has 3 aromatic carbocycles. The van der Waals surface area contributed by atoms with Crippen LogP contribution in [0.5, 0.6) is 5.75 Å². The Hall–Kier alpha value is -3.21. The van der Waals surface area contributed by atoms with Crippen LogP contribution in [-0.4, -0.2) is 45.0 Å². The number of ketones is 1. The van der Waals surface area contributed by atoms with Gasteiger partial charge in [-0.3, -0.25) is 4.79 Å². The molecule has 0 saturated carbocycles. The van der Waals surface area contributed by atoms with E-state index in [2.05, 4.69) is 35.3 Å². The molecule has 0 fully saturated rings. The molecule has 0 amide bonds. The smallest absolute Gasteiger partial charge is 0.189 e. The Balaban J connectivity index is 1.90. The van der Waals surface area contributed by atoms with Crippen LogP contribution in [0.15, 0.2) is 72.8 Å². The van der Waals surface area contributed by atoms with Crippen molar-refractivity contribution in [2.75, 3.05) is 34.3 Å². The second-order valence-corrected chi connectivity index (χ2v) is 8.82. The van der Waals surface area contributed by atoms with Crippen LogP contribution in [0.4, 0.5) is 0 Å². The minimum absolute atomic E-state index is 0.0553. The van der Waals surface area contributed by atoms with Crippen LogP contribution >= 0.6 is 0 Å². The number of aryl methyl sites for hydroxylation is 1. The van der Waals surface area contributed by atoms with E-state index in [0.29, 0.717) is 17.9 Å². The van der Waals surface area contributed by atoms with E-state index in [9.17, 15) is 4.79 Å². The zero-order chi connectivity index (χ0) is 24.3. The first-order valence-corrected chi connectivity index (χ1v) is 11.9. The van der Waals surface area contributed by atoms with E-state index in [1.54, 1.807) is 6.08 Å². The fraction of sp³-hybridized carbons (Fsp3) is 0.300. The number of unbranched alkanes of at least 4 members (excludes halogenated alkanes) is 1. The number of ether oxygens (including phenoxy) is 1. The largest absolute Gasteiger partial charge is 0.493 e. The standard InChI is InChI=1S/C30H36N2O2/c1-23-11-5-8-14-27(23)25-16-18-30(34-20-10-9-19-31-2)28(21-25)29(33)17-15-24-12-6-7-13-26(24)22-32(3)4/h5-8,11-18,21,31H,9-10,19-20,22H2,1-4H3. The first-order chi connectivity index (χ1) is 16.5. The lowest BCUT2D eigenvalue weighted by molar-refractivity contribution is 0.104. The Morgan fingerprint density at radius 3 is 2.53 bits per heavy atom. The van der Waals surface area contributed by atoms with Gasteiger partial charge in [-0.15, -0.1) is 0 Å². The first-order valence-electron chi connectivity index (χ1n) is 11.9. The number of nitrogens with one attached hydrogen (secondary N) is 1. The number of carbonyl (C=O) groups excluding carboxylic acids is 1. The maximum absolute atomic E-state index is 13.4. The van der Waals surface area contributed by atoms with Gasteiger partial charge in [-0.1, -0.05) is 60.7 Å². The molecule has 0 aliphatic heterocycles. The van der Waals surface area contributed by atoms with Crippen molar-refractivity contribution < 1.29 is 9.53 Å². The van der Waals surface area contributed by atoms with Gasteiger partial charge in [0.15, 0.2) is 5.78 Å². The summed E-state index contributed by atoms with van der Waals surface area (Å²) in [5.41, 5.74) is 6.15. The quantitative estimate of drug-likeness (QED) is 0.206. The van der Waals surface area contributed by atoms with E-state index in [4.69, 9.17) is 4.74 Å². The van der Waals surface area contributed by atoms with Crippen LogP contribution in [0.3, 0.4) is 0 Å². The normalized spacial score (nSPS) is 11.3. The van der Waals surface area contributed by atoms with Gasteiger partial charge < -0.3 is 15.0 Å². The summed E-state index contributed by atoms with van der Waals surface area (Å²) in [7, 11) is 6.04. The van der Waals surface area contributed by atoms with E-state index >= 15 is 0 Å². The van der Waals surface area contributed by atoms with Gasteiger partial charge in [-0.2, -0.15) is 0 Å². The Morgan fingerprint density at radius 2 is 1.76 bits per heavy atom. The molecular weight excluding hydrogens is 420 g/mol. The van der Waals surface area contributed by atoms with Crippen molar-refractivity contribution in [3.8, 4) is 16.9 Å². The van der Waals surface area contributed by atoms with Crippen LogP contribution in [0.2, 0.25) is 0 Å². The monoisotopic (exact) mass is 456 g/mol. The van der Waals surface area contributed by atoms with Crippen LogP contribution in [-0.2, 0) is 6.54 Å². The molecular formula is C30H36N2O2. The molecule has 3 aromatic rings. The second kappa shape index (κ2) is 12.9. The third-order valence-electron chi connectivity index (χ3n) is 5.74. The average molecular weight is 457 g/mol. The summed E-state index contributed by atoms with van der Waals surface area (Å²) in [5.74, 6) is 0.582. The number of benzene rings is 3. The van der Waals surface area contributed by atoms with Gasteiger partial charge in [0, 0.05) is 6.54 Å². The average Bonchev–Trinajstić information content (AvgIpc) is 2.83. The van der Waals surface area contributed by atoms with Crippen molar-refractivity contribution in [3.05, 3.63) is 95.1 Å². The molecule has 0 bridgehead atoms. The second-order valence-electron chi connectivity index (χ2n) is 8.82. The Labute approximate surface area is 204 Å². The van der Waals surface area contributed by atoms with Crippen LogP contribution in [0.25, 0.3) is 17.2 Å². The summed E-state index contributed by atoms with van der Waals surface area (Å²) in [6.07, 6.45) is 5.54. The molecule has 1 N–H and O–H groups in total. The predicted molar refractivity (Wildman–Crippen MR) is 142 cm³/mol. The van der Waals surface area contributed by atoms with Crippen molar-refractivity contribution in [2.24, 2.45) is 0 Å². The van der Waals surface area contributed by atoms with E-state index in [1.165, 1.54) is 11.1 Å². The van der Waals surface area contributed by atoms with E-state index in [-0.39, 0.29) is 5.78 Å². The summed E-state index contributed by atoms with van der Waals surface area (Å²) in [6.45, 7) is 4.44. The van der Waals surface area contributed by atoms with Crippen molar-refractivity contribution in [2.45, 2.75) is 26.3 Å². The lowest BCUT2D eigenvalue weighted by Crippen LogP contribution is -2.11. The highest BCUT2D eigenvalue weighted by Gasteiger charge is 2.14. The highest BCUT2D eigenvalue weighted by atomic mass is 16.5. The molecule has 0 saturated heterocycles. The van der Waals surface area contributed by atoms with E-state index in [0.717, 1.165) is 42.6 Å². The van der Waals surface area contributed by atoms with Crippen molar-refractivity contribution >= 4 is 11.9 Å². The number of hydrogen-bond acceptors (Lipinski definition) is 4. The topological polar surface area (TPSA) is 41.6 Å². The van der Waals surface area contributed by atoms with Crippen LogP contribution in [0.1, 0.15) is 39.9 Å². The molecule has 178 valence electrons. The van der Waals surface area contributed by atoms with Crippen LogP contribution in [0, 0.1) is 6.92 Å². The Morgan fingerprint density at radius 1 is 1.00 bits per heavy atom. The lowest BCUT2D eigenvalue weighted by Gasteiger charge is -2.14. The molecule has 4 nitrogen and oxygen atoms in total. The third-order valence-corrected chi connectivity index (χ3v) is 5.74. The molecule has 3 rings (SSSR count). The predicted octanol–water partition coefficient (Wildman–Crippen LogP) is 6.00. The molecule has 0 unspecified atom stereocenters. The number of rotatable bonds is 12. The van der Waals surface area contributed by atoms with Gasteiger partial charge >= 0.3 is 0 Å². The number of hydrogen-bond donors (Lipinski definition) is 1. The van der Waals surface area contributed by atoms with E-state index in [1.807, 2.05) is 75.7 Å². The number of nitrogens with zero attached hydrogens (tertiary/aromatic N) is 1. The van der Waals surface area contributed by atoms with Gasteiger partial charge in [0.2, 0.25) is 0 Å². The molecule has 0 aromatic heterocycles. The SMILES string of the molecule is CNCCCCOc1ccc(-c2ccccc2C)cc1C(=O)C=Cc1ccccc1CN(C)C. The minimum atomic E-state index is -0.0553. The summed E-state index contributed by atoms with van der Waals surface area (Å²) in [6, 6.07) is 22.3. The summed E-state index contributed by atoms with van der Waals surface area (Å²) in [5, 5.41) is 3.15. The minimum Gasteiger partial charge on any atom is -0.493 e. The molecule has 4 heteroatoms. The maximum Gasteiger partial charge on any atom is 0.189 e. The van der Waals surface area contributed by atoms with Crippen LogP contribution < -0.4 is 10.1 Å². The summed E-state index contributed by atoms with van der Waals surface area (Å²) < 4.78 is 6.07. The third kappa shape index (κ3) is 7.14. The fourth-order valence-electron chi connectivity index (χ4n) is 3.94. The zero-order valence-corrected chi connectivity index (χ0v) is 20.8. The molecule has 0 heterocycles. The van der Waals surface area contributed by atoms with Gasteiger partial charge in [0.1, 0.15) is 5.75 Å². The van der Waals surface area contributed by atoms with Crippen molar-refractivity contribution in [1.82, 2.24) is 10.2 Å². The van der Waals surface area contributed by atoms with Gasteiger partial charge in [0.25, 0.3) is 0 Å². The zero-order valence-electron chi connectivity index (χ0n) is 20.8. The van der Waals surface area contributed by atoms with Crippen molar-refractivity contribution in [1.29, 1.82) is 0 Å². The Bertz CT molecular complexity index is 1120. The first kappa shape index (κ1) is 25.4. The molecule has 0 aliphatic carbocycles. The van der Waals surface area contributed by atoms with Gasteiger partial charge in [-0.25, -0.2) is 0 Å². The molecule has 0 radical (unpaired) electrons. The molecule has 0 aliphatic rings. The maximum atomic E-state index is 13.4. The highest BCUT2D eigenvalue weighted by molar-refractivity contribution is 6.09. The summed E-state index contributed by atoms with van der Waals surface area (Å²) in [4.78, 5) is 15.5. The number of carbonyl (C=O) groups is 1. The molecule has 34 heavy (non-hydrogen) atoms. The lowest BCUT2D eigenvalue weighted by atomic mass is 9.96. The van der Waals surface area contributed by atoms with Gasteiger partial charge in [0.05, 0.1) is 12.2 Å². The fourth-order valence-corrected chi connectivity index (χ4v) is 3.94. The van der Waals surface area contributed by atoms with Gasteiger partial charge in [-0.05, 0) is 93.5 Å². The Kier molecular flexibility index (Phi) is 9.62. The molecule has 0 atom stereocenters.